The van der Waals surface area contributed by atoms with Crippen molar-refractivity contribution in [3.63, 3.8) is 0 Å². The van der Waals surface area contributed by atoms with Crippen molar-refractivity contribution in [1.29, 1.82) is 0 Å². The quantitative estimate of drug-likeness (QED) is 0.727. The van der Waals surface area contributed by atoms with Crippen molar-refractivity contribution in [2.45, 2.75) is 39.7 Å². The van der Waals surface area contributed by atoms with E-state index in [0.717, 1.165) is 47.5 Å². The number of amides is 3. The molecule has 2 aromatic rings. The van der Waals surface area contributed by atoms with E-state index < -0.39 is 12.1 Å². The van der Waals surface area contributed by atoms with Crippen molar-refractivity contribution in [2.24, 2.45) is 0 Å². The van der Waals surface area contributed by atoms with Crippen LogP contribution in [0.5, 0.6) is 0 Å². The van der Waals surface area contributed by atoms with Gasteiger partial charge in [-0.2, -0.15) is 0 Å². The molecule has 0 bridgehead atoms. The van der Waals surface area contributed by atoms with Crippen LogP contribution in [0.3, 0.4) is 0 Å². The third kappa shape index (κ3) is 4.05. The highest BCUT2D eigenvalue weighted by molar-refractivity contribution is 6.04. The Labute approximate surface area is 159 Å². The van der Waals surface area contributed by atoms with Crippen molar-refractivity contribution in [2.75, 3.05) is 22.5 Å². The molecule has 2 aromatic carbocycles. The van der Waals surface area contributed by atoms with Gasteiger partial charge >= 0.3 is 6.03 Å². The summed E-state index contributed by atoms with van der Waals surface area (Å²) in [6, 6.07) is 10.5. The summed E-state index contributed by atoms with van der Waals surface area (Å²) in [5.41, 5.74) is 11.6. The fourth-order valence-electron chi connectivity index (χ4n) is 3.55. The molecule has 0 aromatic heterocycles. The number of benzene rings is 2. The lowest BCUT2D eigenvalue weighted by Gasteiger charge is -2.35. The number of nitrogens with one attached hydrogen (secondary N) is 2. The van der Waals surface area contributed by atoms with Gasteiger partial charge in [0.25, 0.3) is 0 Å². The maximum atomic E-state index is 12.6. The molecule has 3 amide bonds. The van der Waals surface area contributed by atoms with Gasteiger partial charge in [-0.1, -0.05) is 23.8 Å². The van der Waals surface area contributed by atoms with Crippen molar-refractivity contribution in [1.82, 2.24) is 5.32 Å². The van der Waals surface area contributed by atoms with E-state index in [1.54, 1.807) is 6.92 Å². The van der Waals surface area contributed by atoms with Gasteiger partial charge in [0.1, 0.15) is 6.04 Å². The first-order valence-corrected chi connectivity index (χ1v) is 9.20. The Morgan fingerprint density at radius 1 is 1.19 bits per heavy atom. The minimum absolute atomic E-state index is 0.340. The van der Waals surface area contributed by atoms with Crippen LogP contribution in [0.2, 0.25) is 0 Å². The predicted octanol–water partition coefficient (Wildman–Crippen LogP) is 3.38. The van der Waals surface area contributed by atoms with Gasteiger partial charge in [0.2, 0.25) is 5.91 Å². The lowest BCUT2D eigenvalue weighted by molar-refractivity contribution is -0.120. The zero-order chi connectivity index (χ0) is 19.6. The number of urea groups is 1. The number of fused-ring (bicyclic) bond motifs is 1. The van der Waals surface area contributed by atoms with Crippen LogP contribution in [0.15, 0.2) is 36.4 Å². The van der Waals surface area contributed by atoms with E-state index in [1.165, 1.54) is 0 Å². The number of aryl methyl sites for hydroxylation is 2. The van der Waals surface area contributed by atoms with E-state index in [4.69, 9.17) is 5.73 Å². The summed E-state index contributed by atoms with van der Waals surface area (Å²) in [5.74, 6) is -0.340. The van der Waals surface area contributed by atoms with Crippen LogP contribution in [0.4, 0.5) is 21.9 Å². The molecule has 0 saturated carbocycles. The van der Waals surface area contributed by atoms with Gasteiger partial charge in [-0.05, 0) is 62.9 Å². The normalized spacial score (nSPS) is 14.3. The number of nitrogens with two attached hydrogens (primary N) is 1. The minimum atomic E-state index is -0.524. The van der Waals surface area contributed by atoms with E-state index in [1.807, 2.05) is 55.1 Å². The van der Waals surface area contributed by atoms with Gasteiger partial charge in [-0.15, -0.1) is 0 Å². The van der Waals surface area contributed by atoms with Crippen molar-refractivity contribution < 1.29 is 9.59 Å². The number of hydrogen-bond acceptors (Lipinski definition) is 4. The number of hydrogen-bond donors (Lipinski definition) is 3. The molecule has 1 heterocycles. The van der Waals surface area contributed by atoms with Crippen LogP contribution in [0.1, 0.15) is 30.0 Å². The highest BCUT2D eigenvalue weighted by Gasteiger charge is 2.27. The summed E-state index contributed by atoms with van der Waals surface area (Å²) in [6.45, 7) is 6.47. The summed E-state index contributed by atoms with van der Waals surface area (Å²) in [6.07, 6.45) is 1.83. The van der Waals surface area contributed by atoms with Crippen molar-refractivity contribution in [3.8, 4) is 0 Å². The fraction of sp³-hybridized carbons (Fsp3) is 0.333. The molecule has 1 atom stereocenters. The Hall–Kier alpha value is -3.02. The summed E-state index contributed by atoms with van der Waals surface area (Å²) in [4.78, 5) is 26.9. The molecule has 0 spiro atoms. The highest BCUT2D eigenvalue weighted by atomic mass is 16.2. The molecule has 0 saturated heterocycles. The summed E-state index contributed by atoms with van der Waals surface area (Å²) < 4.78 is 0. The van der Waals surface area contributed by atoms with E-state index in [2.05, 4.69) is 10.6 Å². The second-order valence-corrected chi connectivity index (χ2v) is 7.08. The average Bonchev–Trinajstić information content (AvgIpc) is 2.63. The lowest BCUT2D eigenvalue weighted by Crippen LogP contribution is -2.49. The SMILES string of the molecule is Cc1ccc(NC(=O)NC(=O)C(C)N2CCCc3c(N)cccc32)c(C)c1. The number of carbonyl (C=O) groups excluding carboxylic acids is 2. The molecule has 6 nitrogen and oxygen atoms in total. The second kappa shape index (κ2) is 7.70. The first-order valence-electron chi connectivity index (χ1n) is 9.20. The monoisotopic (exact) mass is 366 g/mol. The fourth-order valence-corrected chi connectivity index (χ4v) is 3.55. The average molecular weight is 366 g/mol. The number of nitrogens with zero attached hydrogens (tertiary/aromatic N) is 1. The minimum Gasteiger partial charge on any atom is -0.398 e. The third-order valence-electron chi connectivity index (χ3n) is 5.04. The van der Waals surface area contributed by atoms with E-state index in [9.17, 15) is 9.59 Å². The molecule has 1 unspecified atom stereocenters. The smallest absolute Gasteiger partial charge is 0.325 e. The molecule has 0 radical (unpaired) electrons. The number of rotatable bonds is 3. The molecule has 1 aliphatic rings. The Morgan fingerprint density at radius 3 is 2.70 bits per heavy atom. The van der Waals surface area contributed by atoms with Gasteiger partial charge in [0, 0.05) is 23.6 Å². The Balaban J connectivity index is 1.68. The van der Waals surface area contributed by atoms with Gasteiger partial charge in [0.15, 0.2) is 0 Å². The topological polar surface area (TPSA) is 87.5 Å². The molecular weight excluding hydrogens is 340 g/mol. The van der Waals surface area contributed by atoms with Crippen LogP contribution in [-0.2, 0) is 11.2 Å². The van der Waals surface area contributed by atoms with Gasteiger partial charge < -0.3 is 16.0 Å². The predicted molar refractivity (Wildman–Crippen MR) is 109 cm³/mol. The van der Waals surface area contributed by atoms with Crippen molar-refractivity contribution in [3.05, 3.63) is 53.1 Å². The number of carbonyl (C=O) groups is 2. The molecule has 27 heavy (non-hydrogen) atoms. The van der Waals surface area contributed by atoms with E-state index in [0.29, 0.717) is 5.69 Å². The second-order valence-electron chi connectivity index (χ2n) is 7.08. The Bertz CT molecular complexity index is 878. The molecular formula is C21H26N4O2. The van der Waals surface area contributed by atoms with E-state index >= 15 is 0 Å². The van der Waals surface area contributed by atoms with Gasteiger partial charge in [-0.25, -0.2) is 4.79 Å². The summed E-state index contributed by atoms with van der Waals surface area (Å²) >= 11 is 0. The number of anilines is 3. The first kappa shape index (κ1) is 18.8. The van der Waals surface area contributed by atoms with Crippen LogP contribution >= 0.6 is 0 Å². The number of imide groups is 1. The molecule has 0 fully saturated rings. The van der Waals surface area contributed by atoms with Crippen molar-refractivity contribution >= 4 is 29.0 Å². The molecule has 3 rings (SSSR count). The summed E-state index contributed by atoms with van der Waals surface area (Å²) in [5, 5.41) is 5.20. The van der Waals surface area contributed by atoms with Crippen LogP contribution < -0.4 is 21.3 Å². The largest absolute Gasteiger partial charge is 0.398 e. The van der Waals surface area contributed by atoms with E-state index in [-0.39, 0.29) is 5.91 Å². The Morgan fingerprint density at radius 2 is 1.96 bits per heavy atom. The lowest BCUT2D eigenvalue weighted by atomic mass is 9.98. The zero-order valence-corrected chi connectivity index (χ0v) is 16.0. The first-order chi connectivity index (χ1) is 12.9. The maximum absolute atomic E-state index is 12.6. The van der Waals surface area contributed by atoms with Crippen LogP contribution in [0.25, 0.3) is 0 Å². The maximum Gasteiger partial charge on any atom is 0.325 e. The molecule has 0 aliphatic carbocycles. The van der Waals surface area contributed by atoms with Crippen LogP contribution in [-0.4, -0.2) is 24.5 Å². The van der Waals surface area contributed by atoms with Crippen LogP contribution in [0, 0.1) is 13.8 Å². The van der Waals surface area contributed by atoms with Gasteiger partial charge in [-0.3, -0.25) is 10.1 Å². The molecule has 6 heteroatoms. The highest BCUT2D eigenvalue weighted by Crippen LogP contribution is 2.32. The third-order valence-corrected chi connectivity index (χ3v) is 5.04. The Kier molecular flexibility index (Phi) is 5.35. The molecule has 1 aliphatic heterocycles. The summed E-state index contributed by atoms with van der Waals surface area (Å²) in [7, 11) is 0. The molecule has 4 N–H and O–H groups in total. The molecule has 142 valence electrons. The standard InChI is InChI=1S/C21H26N4O2/c1-13-9-10-18(14(2)12-13)23-21(27)24-20(26)15(3)25-11-5-6-16-17(22)7-4-8-19(16)25/h4,7-10,12,15H,5-6,11,22H2,1-3H3,(H2,23,24,26,27). The zero-order valence-electron chi connectivity index (χ0n) is 16.0. The number of nitrogen functional groups attached to an aromatic ring is 1. The van der Waals surface area contributed by atoms with Gasteiger partial charge in [0.05, 0.1) is 0 Å².